The fourth-order valence-corrected chi connectivity index (χ4v) is 2.42. The van der Waals surface area contributed by atoms with E-state index < -0.39 is 0 Å². The summed E-state index contributed by atoms with van der Waals surface area (Å²) in [5.74, 6) is 0.652. The van der Waals surface area contributed by atoms with Crippen molar-refractivity contribution in [3.05, 3.63) is 52.9 Å². The molecule has 1 aromatic carbocycles. The molecule has 2 rings (SSSR count). The Hall–Kier alpha value is -2.08. The highest BCUT2D eigenvalue weighted by atomic mass is 16.5. The molecule has 3 heteroatoms. The van der Waals surface area contributed by atoms with Crippen molar-refractivity contribution in [2.75, 3.05) is 0 Å². The van der Waals surface area contributed by atoms with E-state index in [4.69, 9.17) is 4.52 Å². The normalized spacial score (nSPS) is 12.1. The lowest BCUT2D eigenvalue weighted by Gasteiger charge is -2.08. The maximum Gasteiger partial charge on any atom is 0.138 e. The Morgan fingerprint density at radius 2 is 2.00 bits per heavy atom. The van der Waals surface area contributed by atoms with Crippen molar-refractivity contribution in [3.63, 3.8) is 0 Å². The standard InChI is InChI=1S/C16H18N2O/c1-12-16(13(2)19-18-12)15(11-17)10-6-9-14-7-4-3-5-8-14/h3-5,7-8,15H,6,9-10H2,1-2H3. The Morgan fingerprint density at radius 3 is 2.58 bits per heavy atom. The highest BCUT2D eigenvalue weighted by Crippen LogP contribution is 2.27. The van der Waals surface area contributed by atoms with Crippen LogP contribution in [0, 0.1) is 25.2 Å². The zero-order chi connectivity index (χ0) is 13.7. The lowest BCUT2D eigenvalue weighted by Crippen LogP contribution is -2.00. The molecule has 1 atom stereocenters. The first kappa shape index (κ1) is 13.4. The monoisotopic (exact) mass is 254 g/mol. The molecule has 0 aliphatic heterocycles. The minimum Gasteiger partial charge on any atom is -0.361 e. The molecule has 98 valence electrons. The van der Waals surface area contributed by atoms with Crippen molar-refractivity contribution >= 4 is 0 Å². The molecule has 0 saturated heterocycles. The van der Waals surface area contributed by atoms with Gasteiger partial charge in [-0.05, 0) is 38.7 Å². The molecule has 0 bridgehead atoms. The third kappa shape index (κ3) is 3.23. The molecule has 0 aliphatic carbocycles. The van der Waals surface area contributed by atoms with Crippen molar-refractivity contribution in [2.45, 2.75) is 39.0 Å². The van der Waals surface area contributed by atoms with Gasteiger partial charge in [-0.1, -0.05) is 35.5 Å². The van der Waals surface area contributed by atoms with Crippen molar-refractivity contribution in [3.8, 4) is 6.07 Å². The van der Waals surface area contributed by atoms with E-state index in [0.717, 1.165) is 36.3 Å². The number of nitriles is 1. The molecule has 1 heterocycles. The summed E-state index contributed by atoms with van der Waals surface area (Å²) in [6, 6.07) is 12.7. The van der Waals surface area contributed by atoms with Gasteiger partial charge in [-0.25, -0.2) is 0 Å². The van der Waals surface area contributed by atoms with Gasteiger partial charge in [0.15, 0.2) is 0 Å². The summed E-state index contributed by atoms with van der Waals surface area (Å²) in [5, 5.41) is 13.2. The van der Waals surface area contributed by atoms with Gasteiger partial charge >= 0.3 is 0 Å². The average molecular weight is 254 g/mol. The van der Waals surface area contributed by atoms with Gasteiger partial charge in [0.05, 0.1) is 17.7 Å². The lowest BCUT2D eigenvalue weighted by atomic mass is 9.92. The van der Waals surface area contributed by atoms with E-state index in [9.17, 15) is 5.26 Å². The zero-order valence-electron chi connectivity index (χ0n) is 11.4. The number of aromatic nitrogens is 1. The molecular formula is C16H18N2O. The Labute approximate surface area is 113 Å². The van der Waals surface area contributed by atoms with E-state index >= 15 is 0 Å². The molecule has 0 aliphatic rings. The summed E-state index contributed by atoms with van der Waals surface area (Å²) >= 11 is 0. The van der Waals surface area contributed by atoms with Crippen LogP contribution in [0.3, 0.4) is 0 Å². The minimum absolute atomic E-state index is 0.116. The third-order valence-electron chi connectivity index (χ3n) is 3.39. The predicted octanol–water partition coefficient (Wildman–Crippen LogP) is 3.92. The van der Waals surface area contributed by atoms with Gasteiger partial charge in [-0.2, -0.15) is 5.26 Å². The van der Waals surface area contributed by atoms with Gasteiger partial charge in [-0.15, -0.1) is 0 Å². The molecule has 0 amide bonds. The number of hydrogen-bond donors (Lipinski definition) is 0. The van der Waals surface area contributed by atoms with Crippen LogP contribution in [0.5, 0.6) is 0 Å². The summed E-state index contributed by atoms with van der Waals surface area (Å²) in [6.07, 6.45) is 2.84. The number of aryl methyl sites for hydroxylation is 3. The summed E-state index contributed by atoms with van der Waals surface area (Å²) in [4.78, 5) is 0. The van der Waals surface area contributed by atoms with Gasteiger partial charge in [0.1, 0.15) is 5.76 Å². The Balaban J connectivity index is 1.96. The Morgan fingerprint density at radius 1 is 1.26 bits per heavy atom. The van der Waals surface area contributed by atoms with Crippen LogP contribution < -0.4 is 0 Å². The molecule has 0 spiro atoms. The maximum atomic E-state index is 9.32. The van der Waals surface area contributed by atoms with E-state index in [1.807, 2.05) is 32.0 Å². The maximum absolute atomic E-state index is 9.32. The van der Waals surface area contributed by atoms with E-state index in [1.54, 1.807) is 0 Å². The fraction of sp³-hybridized carbons (Fsp3) is 0.375. The summed E-state index contributed by atoms with van der Waals surface area (Å²) < 4.78 is 5.14. The number of hydrogen-bond acceptors (Lipinski definition) is 3. The van der Waals surface area contributed by atoms with Gasteiger partial charge in [0, 0.05) is 5.56 Å². The van der Waals surface area contributed by atoms with Crippen LogP contribution in [-0.4, -0.2) is 5.16 Å². The highest BCUT2D eigenvalue weighted by Gasteiger charge is 2.19. The first-order chi connectivity index (χ1) is 9.22. The number of rotatable bonds is 5. The topological polar surface area (TPSA) is 49.8 Å². The second kappa shape index (κ2) is 6.19. The number of benzene rings is 1. The molecular weight excluding hydrogens is 236 g/mol. The van der Waals surface area contributed by atoms with Crippen LogP contribution in [0.2, 0.25) is 0 Å². The van der Waals surface area contributed by atoms with Gasteiger partial charge in [0.2, 0.25) is 0 Å². The quantitative estimate of drug-likeness (QED) is 0.812. The molecule has 0 fully saturated rings. The van der Waals surface area contributed by atoms with Crippen molar-refractivity contribution in [2.24, 2.45) is 0 Å². The Kier molecular flexibility index (Phi) is 4.35. The molecule has 19 heavy (non-hydrogen) atoms. The molecule has 0 N–H and O–H groups in total. The van der Waals surface area contributed by atoms with Gasteiger partial charge in [-0.3, -0.25) is 0 Å². The first-order valence-corrected chi connectivity index (χ1v) is 6.58. The SMILES string of the molecule is Cc1noc(C)c1C(C#N)CCCc1ccccc1. The smallest absolute Gasteiger partial charge is 0.138 e. The summed E-state index contributed by atoms with van der Waals surface area (Å²) in [7, 11) is 0. The van der Waals surface area contributed by atoms with Crippen LogP contribution in [0.1, 0.15) is 41.3 Å². The molecule has 1 aromatic heterocycles. The van der Waals surface area contributed by atoms with Gasteiger partial charge in [0.25, 0.3) is 0 Å². The van der Waals surface area contributed by atoms with Crippen LogP contribution in [0.15, 0.2) is 34.9 Å². The predicted molar refractivity (Wildman–Crippen MR) is 73.7 cm³/mol. The van der Waals surface area contributed by atoms with Crippen LogP contribution in [-0.2, 0) is 6.42 Å². The highest BCUT2D eigenvalue weighted by molar-refractivity contribution is 5.30. The van der Waals surface area contributed by atoms with Crippen LogP contribution in [0.25, 0.3) is 0 Å². The molecule has 3 nitrogen and oxygen atoms in total. The number of nitrogens with zero attached hydrogens (tertiary/aromatic N) is 2. The van der Waals surface area contributed by atoms with E-state index in [-0.39, 0.29) is 5.92 Å². The van der Waals surface area contributed by atoms with Crippen molar-refractivity contribution < 1.29 is 4.52 Å². The third-order valence-corrected chi connectivity index (χ3v) is 3.39. The molecule has 1 unspecified atom stereocenters. The van der Waals surface area contributed by atoms with E-state index in [0.29, 0.717) is 0 Å². The van der Waals surface area contributed by atoms with E-state index in [1.165, 1.54) is 5.56 Å². The largest absolute Gasteiger partial charge is 0.361 e. The zero-order valence-corrected chi connectivity index (χ0v) is 11.4. The minimum atomic E-state index is -0.116. The molecule has 0 saturated carbocycles. The van der Waals surface area contributed by atoms with Crippen molar-refractivity contribution in [1.82, 2.24) is 5.16 Å². The first-order valence-electron chi connectivity index (χ1n) is 6.58. The second-order valence-electron chi connectivity index (χ2n) is 4.80. The molecule has 2 aromatic rings. The van der Waals surface area contributed by atoms with E-state index in [2.05, 4.69) is 23.4 Å². The summed E-state index contributed by atoms with van der Waals surface area (Å²) in [6.45, 7) is 3.77. The Bertz CT molecular complexity index is 547. The lowest BCUT2D eigenvalue weighted by molar-refractivity contribution is 0.391. The van der Waals surface area contributed by atoms with Crippen LogP contribution in [0.4, 0.5) is 0 Å². The van der Waals surface area contributed by atoms with Crippen LogP contribution >= 0.6 is 0 Å². The second-order valence-corrected chi connectivity index (χ2v) is 4.80. The molecule has 0 radical (unpaired) electrons. The summed E-state index contributed by atoms with van der Waals surface area (Å²) in [5.41, 5.74) is 3.12. The van der Waals surface area contributed by atoms with Gasteiger partial charge < -0.3 is 4.52 Å². The van der Waals surface area contributed by atoms with Crippen molar-refractivity contribution in [1.29, 1.82) is 5.26 Å². The average Bonchev–Trinajstić information content (AvgIpc) is 2.76. The fourth-order valence-electron chi connectivity index (χ4n) is 2.42.